The van der Waals surface area contributed by atoms with Crippen LogP contribution in [-0.2, 0) is 4.79 Å². The summed E-state index contributed by atoms with van der Waals surface area (Å²) in [4.78, 5) is 20.6. The molecule has 1 N–H and O–H groups in total. The first-order chi connectivity index (χ1) is 11.6. The number of nitrogens with zero attached hydrogens (tertiary/aromatic N) is 2. The monoisotopic (exact) mass is 609 g/mol. The van der Waals surface area contributed by atoms with E-state index in [1.807, 2.05) is 0 Å². The molecule has 1 heterocycles. The van der Waals surface area contributed by atoms with Crippen molar-refractivity contribution in [1.82, 2.24) is 15.3 Å². The number of rotatable bonds is 6. The number of halogens is 3. The van der Waals surface area contributed by atoms with Crippen LogP contribution in [0.3, 0.4) is 0 Å². The van der Waals surface area contributed by atoms with Crippen LogP contribution in [0.5, 0.6) is 5.88 Å². The fourth-order valence-electron chi connectivity index (χ4n) is 2.28. The van der Waals surface area contributed by atoms with Gasteiger partial charge in [0.2, 0.25) is 5.91 Å². The van der Waals surface area contributed by atoms with E-state index >= 15 is 0 Å². The summed E-state index contributed by atoms with van der Waals surface area (Å²) in [6.07, 6.45) is 4.24. The van der Waals surface area contributed by atoms with Gasteiger partial charge in [0.15, 0.2) is 5.88 Å². The quantitative estimate of drug-likeness (QED) is 0.489. The molecule has 25 heavy (non-hydrogen) atoms. The second-order valence-corrected chi connectivity index (χ2v) is 7.79. The Hall–Kier alpha value is -2.86. The van der Waals surface area contributed by atoms with Gasteiger partial charge in [-0.1, -0.05) is 20.8 Å². The summed E-state index contributed by atoms with van der Waals surface area (Å²) in [5, 5.41) is 3.13. The molecule has 9 heteroatoms. The molecular weight excluding hydrogens is 585 g/mol. The maximum atomic E-state index is 12.2. The van der Waals surface area contributed by atoms with Crippen molar-refractivity contribution in [2.45, 2.75) is 53.0 Å². The zero-order chi connectivity index (χ0) is 19.0. The molecular formula is C16H24F3LrN3O2-. The molecule has 1 aromatic rings. The molecule has 1 aliphatic carbocycles. The number of amides is 1. The van der Waals surface area contributed by atoms with Crippen LogP contribution in [0.1, 0.15) is 58.7 Å². The predicted octanol–water partition coefficient (Wildman–Crippen LogP) is 4.30. The third kappa shape index (κ3) is 8.53. The zero-order valence-corrected chi connectivity index (χ0v) is 16.8. The normalized spacial score (nSPS) is 14.8. The Balaban J connectivity index is 0.000000705. The van der Waals surface area contributed by atoms with Crippen LogP contribution in [-0.4, -0.2) is 15.9 Å². The van der Waals surface area contributed by atoms with Crippen molar-refractivity contribution in [2.75, 3.05) is 0 Å². The Morgan fingerprint density at radius 1 is 1.40 bits per heavy atom. The van der Waals surface area contributed by atoms with Crippen molar-refractivity contribution in [1.29, 1.82) is 0 Å². The fraction of sp³-hybridized carbons (Fsp3) is 0.625. The second kappa shape index (κ2) is 8.84. The minimum atomic E-state index is -4.70. The number of carbonyl (C=O) groups excluding carboxylic acids is 1. The van der Waals surface area contributed by atoms with E-state index in [9.17, 15) is 18.9 Å². The molecule has 0 bridgehead atoms. The van der Waals surface area contributed by atoms with Crippen LogP contribution in [0.2, 0.25) is 0 Å². The Kier molecular flexibility index (Phi) is 7.14. The van der Waals surface area contributed by atoms with Gasteiger partial charge in [0.25, 0.3) is 0 Å². The average Bonchev–Trinajstić information content (AvgIpc) is 3.27. The summed E-state index contributed by atoms with van der Waals surface area (Å²) in [7, 11) is 0. The second-order valence-electron chi connectivity index (χ2n) is 6.87. The first kappa shape index (κ1) is 20.2. The molecule has 152 valence electrons. The molecule has 1 aliphatic rings. The van der Waals surface area contributed by atoms with E-state index in [0.717, 1.165) is 18.5 Å². The molecule has 1 atom stereocenters. The predicted molar refractivity (Wildman–Crippen MR) is 83.6 cm³/mol. The van der Waals surface area contributed by atoms with Gasteiger partial charge in [-0.2, -0.15) is 13.5 Å². The van der Waals surface area contributed by atoms with Gasteiger partial charge in [-0.25, -0.2) is 9.97 Å². The molecule has 1 aromatic heterocycles. The van der Waals surface area contributed by atoms with Crippen LogP contribution >= 0.6 is 0 Å². The molecule has 1 saturated carbocycles. The van der Waals surface area contributed by atoms with Crippen LogP contribution in [0, 0.1) is 17.9 Å². The summed E-state index contributed by atoms with van der Waals surface area (Å²) < 4.78 is 30.0. The molecule has 0 radical (unpaired) electrons. The summed E-state index contributed by atoms with van der Waals surface area (Å²) >= 11 is 0. The topological polar surface area (TPSA) is 64.1 Å². The number of carbonyl (C=O) groups is 1. The first-order valence-electron chi connectivity index (χ1n) is 7.74. The van der Waals surface area contributed by atoms with E-state index in [-0.39, 0.29) is 17.4 Å². The third-order valence-corrected chi connectivity index (χ3v) is 3.32. The summed E-state index contributed by atoms with van der Waals surface area (Å²) in [6, 6.07) is 1.77. The SMILES string of the molecule is C[CH-]Oc1cc(C(NC(=O)CC(C)(C)C)C2CC2)ncn1.[F][Lr]([F])[F]. The molecule has 1 fully saturated rings. The van der Waals surface area contributed by atoms with E-state index in [1.54, 1.807) is 19.6 Å². The minimum absolute atomic E-state index is 0.0186. The fourth-order valence-corrected chi connectivity index (χ4v) is 2.28. The molecule has 0 aliphatic heterocycles. The molecule has 2 rings (SSSR count). The molecule has 0 aromatic carbocycles. The van der Waals surface area contributed by atoms with Gasteiger partial charge in [0.1, 0.15) is 6.33 Å². The van der Waals surface area contributed by atoms with Crippen LogP contribution in [0.15, 0.2) is 12.4 Å². The van der Waals surface area contributed by atoms with E-state index < -0.39 is 0 Å². The maximum absolute atomic E-state index is 12.2. The van der Waals surface area contributed by atoms with Gasteiger partial charge in [-0.15, -0.1) is 0 Å². The number of hydrogen-bond acceptors (Lipinski definition) is 4. The number of aromatic nitrogens is 2. The molecule has 0 spiro atoms. The van der Waals surface area contributed by atoms with Crippen molar-refractivity contribution < 1.29 is 23.6 Å². The van der Waals surface area contributed by atoms with E-state index in [4.69, 9.17) is 4.74 Å². The van der Waals surface area contributed by atoms with Crippen molar-refractivity contribution in [3.8, 4) is 5.88 Å². The number of nitrogens with one attached hydrogen (secondary N) is 1. The van der Waals surface area contributed by atoms with Crippen molar-refractivity contribution in [3.63, 3.8) is 0 Å². The molecule has 5 nitrogen and oxygen atoms in total. The van der Waals surface area contributed by atoms with E-state index in [1.165, 1.54) is 6.33 Å². The van der Waals surface area contributed by atoms with E-state index in [0.29, 0.717) is 18.2 Å². The zero-order valence-electron chi connectivity index (χ0n) is 14.6. The number of ether oxygens (including phenoxy) is 1. The summed E-state index contributed by atoms with van der Waals surface area (Å²) in [5.74, 6) is 1.06. The van der Waals surface area contributed by atoms with Crippen LogP contribution in [0.4, 0.5) is 14.1 Å². The molecule has 1 unspecified atom stereocenters. The average molecular weight is 609 g/mol. The van der Waals surface area contributed by atoms with Crippen molar-refractivity contribution >= 4 is 5.91 Å². The van der Waals surface area contributed by atoms with E-state index in [2.05, 4.69) is 36.1 Å². The van der Waals surface area contributed by atoms with Crippen LogP contribution < -0.4 is 10.1 Å². The number of hydrogen-bond donors (Lipinski definition) is 1. The molecule has 0 saturated heterocycles. The van der Waals surface area contributed by atoms with Crippen molar-refractivity contribution in [3.05, 3.63) is 24.7 Å². The van der Waals surface area contributed by atoms with Gasteiger partial charge in [0, 0.05) is 12.5 Å². The van der Waals surface area contributed by atoms with Crippen molar-refractivity contribution in [2.24, 2.45) is 11.3 Å². The van der Waals surface area contributed by atoms with Gasteiger partial charge >= 0.3 is 14.1 Å². The third-order valence-electron chi connectivity index (χ3n) is 3.32. The Morgan fingerprint density at radius 3 is 2.48 bits per heavy atom. The Morgan fingerprint density at radius 2 is 2.00 bits per heavy atom. The standard InChI is InChI=1S/C16H24N3O2.3FH.Lr/c1-5-21-14-8-12(17-10-18-14)15(11-6-7-11)19-13(20)9-16(2,3)4;;;;/h5,8,10-11,15H,6-7,9H2,1-4H3,(H,19,20);3*1H;/q-1;;;;+3/p-3. The van der Waals surface area contributed by atoms with Gasteiger partial charge in [0.05, 0.1) is 11.7 Å². The van der Waals surface area contributed by atoms with Gasteiger partial charge in [-0.05, 0) is 24.2 Å². The first-order valence-corrected chi connectivity index (χ1v) is 10.2. The molecule has 1 amide bonds. The van der Waals surface area contributed by atoms with Gasteiger partial charge < -0.3 is 10.1 Å². The van der Waals surface area contributed by atoms with Crippen LogP contribution in [0.25, 0.3) is 0 Å². The Labute approximate surface area is 140 Å². The van der Waals surface area contributed by atoms with Gasteiger partial charge in [-0.3, -0.25) is 4.79 Å². The summed E-state index contributed by atoms with van der Waals surface area (Å²) in [5.41, 5.74) is 0.807. The summed E-state index contributed by atoms with van der Waals surface area (Å²) in [6.45, 7) is 9.56. The Bertz CT molecular complexity index is 549.